The highest BCUT2D eigenvalue weighted by Gasteiger charge is 2.41. The third kappa shape index (κ3) is 3.23. The van der Waals surface area contributed by atoms with E-state index in [1.54, 1.807) is 24.4 Å². The van der Waals surface area contributed by atoms with Crippen molar-refractivity contribution in [3.05, 3.63) is 64.5 Å². The Hall–Kier alpha value is -2.92. The number of Topliss-reactive ketones (excluding diaryl/α,β-unsaturated/α-hetero) is 1. The highest BCUT2D eigenvalue weighted by atomic mass is 35.5. The summed E-state index contributed by atoms with van der Waals surface area (Å²) in [5, 5.41) is 11.4. The molecule has 0 radical (unpaired) electrons. The molecule has 0 amide bonds. The average Bonchev–Trinajstić information content (AvgIpc) is 3.20. The van der Waals surface area contributed by atoms with Gasteiger partial charge in [-0.1, -0.05) is 24.6 Å². The van der Waals surface area contributed by atoms with E-state index in [0.29, 0.717) is 33.3 Å². The quantitative estimate of drug-likeness (QED) is 0.568. The Labute approximate surface area is 179 Å². The van der Waals surface area contributed by atoms with Crippen molar-refractivity contribution in [2.24, 2.45) is 11.8 Å². The van der Waals surface area contributed by atoms with Gasteiger partial charge in [0, 0.05) is 16.9 Å². The number of hydrogen-bond donors (Lipinski definition) is 1. The van der Waals surface area contributed by atoms with Gasteiger partial charge in [0.25, 0.3) is 0 Å². The van der Waals surface area contributed by atoms with Crippen LogP contribution in [0.25, 0.3) is 16.6 Å². The molecule has 5 rings (SSSR count). The molecule has 30 heavy (non-hydrogen) atoms. The number of benzene rings is 2. The van der Waals surface area contributed by atoms with Gasteiger partial charge in [0.2, 0.25) is 5.88 Å². The molecule has 152 valence electrons. The van der Waals surface area contributed by atoms with Crippen LogP contribution < -0.4 is 4.74 Å². The molecule has 2 aliphatic rings. The van der Waals surface area contributed by atoms with Gasteiger partial charge in [-0.2, -0.15) is 0 Å². The normalized spacial score (nSPS) is 20.8. The second-order valence-electron chi connectivity index (χ2n) is 7.95. The molecular formula is C24H21ClN2O3. The van der Waals surface area contributed by atoms with Gasteiger partial charge in [-0.25, -0.2) is 9.97 Å². The molecule has 0 unspecified atom stereocenters. The number of allylic oxidation sites excluding steroid dienone is 2. The van der Waals surface area contributed by atoms with Gasteiger partial charge in [-0.05, 0) is 67.1 Å². The SMILES string of the molecule is CCc1ccc(Oc2cnc3cc(Cl)ccc3n2)cc1C1=C(O)[C@H]2CC[C@H](C2)C1=O. The number of aliphatic hydroxyl groups excluding tert-OH is 1. The lowest BCUT2D eigenvalue weighted by Gasteiger charge is -2.23. The number of nitrogens with zero attached hydrogens (tertiary/aromatic N) is 2. The van der Waals surface area contributed by atoms with E-state index in [1.165, 1.54) is 0 Å². The second-order valence-corrected chi connectivity index (χ2v) is 8.38. The molecule has 5 nitrogen and oxygen atoms in total. The van der Waals surface area contributed by atoms with Gasteiger partial charge in [0.15, 0.2) is 5.78 Å². The zero-order valence-electron chi connectivity index (χ0n) is 16.6. The number of aryl methyl sites for hydroxylation is 1. The number of carbonyl (C=O) groups excluding carboxylic acids is 1. The topological polar surface area (TPSA) is 72.3 Å². The fourth-order valence-corrected chi connectivity index (χ4v) is 4.74. The largest absolute Gasteiger partial charge is 0.511 e. The van der Waals surface area contributed by atoms with Gasteiger partial charge in [0.1, 0.15) is 11.5 Å². The Kier molecular flexibility index (Phi) is 4.70. The Bertz CT molecular complexity index is 1200. The lowest BCUT2D eigenvalue weighted by molar-refractivity contribution is -0.117. The van der Waals surface area contributed by atoms with Gasteiger partial charge in [-0.3, -0.25) is 4.79 Å². The fraction of sp³-hybridized carbons (Fsp3) is 0.292. The van der Waals surface area contributed by atoms with Crippen molar-refractivity contribution in [2.45, 2.75) is 32.6 Å². The van der Waals surface area contributed by atoms with Crippen LogP contribution in [-0.4, -0.2) is 20.9 Å². The summed E-state index contributed by atoms with van der Waals surface area (Å²) in [5.74, 6) is 1.31. The summed E-state index contributed by atoms with van der Waals surface area (Å²) < 4.78 is 5.97. The zero-order chi connectivity index (χ0) is 20.8. The molecule has 1 N–H and O–H groups in total. The van der Waals surface area contributed by atoms with E-state index in [9.17, 15) is 9.90 Å². The minimum atomic E-state index is 0.0216. The Balaban J connectivity index is 1.53. The van der Waals surface area contributed by atoms with Crippen LogP contribution in [0.15, 0.2) is 48.4 Å². The second kappa shape index (κ2) is 7.40. The summed E-state index contributed by atoms with van der Waals surface area (Å²) in [6.45, 7) is 2.04. The summed E-state index contributed by atoms with van der Waals surface area (Å²) >= 11 is 6.01. The molecule has 2 atom stereocenters. The molecule has 0 saturated heterocycles. The fourth-order valence-electron chi connectivity index (χ4n) is 4.57. The summed E-state index contributed by atoms with van der Waals surface area (Å²) in [6, 6.07) is 10.9. The molecule has 2 aromatic carbocycles. The number of carbonyl (C=O) groups is 1. The first-order valence-electron chi connectivity index (χ1n) is 10.2. The smallest absolute Gasteiger partial charge is 0.238 e. The number of hydrogen-bond acceptors (Lipinski definition) is 5. The van der Waals surface area contributed by atoms with E-state index in [2.05, 4.69) is 9.97 Å². The lowest BCUT2D eigenvalue weighted by atomic mass is 9.81. The van der Waals surface area contributed by atoms with Crippen LogP contribution in [0.4, 0.5) is 0 Å². The number of rotatable bonds is 4. The van der Waals surface area contributed by atoms with Gasteiger partial charge < -0.3 is 9.84 Å². The number of aliphatic hydroxyl groups is 1. The first-order chi connectivity index (χ1) is 14.5. The maximum Gasteiger partial charge on any atom is 0.238 e. The minimum Gasteiger partial charge on any atom is -0.511 e. The molecule has 2 bridgehead atoms. The third-order valence-electron chi connectivity index (χ3n) is 6.13. The first-order valence-corrected chi connectivity index (χ1v) is 10.6. The van der Waals surface area contributed by atoms with Gasteiger partial charge in [0.05, 0.1) is 22.8 Å². The molecule has 1 heterocycles. The first kappa shape index (κ1) is 19.1. The zero-order valence-corrected chi connectivity index (χ0v) is 17.3. The Morgan fingerprint density at radius 2 is 1.97 bits per heavy atom. The van der Waals surface area contributed by atoms with E-state index >= 15 is 0 Å². The van der Waals surface area contributed by atoms with Crippen LogP contribution in [0, 0.1) is 11.8 Å². The van der Waals surface area contributed by atoms with Crippen molar-refractivity contribution in [1.29, 1.82) is 0 Å². The average molecular weight is 421 g/mol. The van der Waals surface area contributed by atoms with E-state index in [-0.39, 0.29) is 23.4 Å². The minimum absolute atomic E-state index is 0.0216. The summed E-state index contributed by atoms with van der Waals surface area (Å²) in [4.78, 5) is 21.9. The molecule has 1 aromatic heterocycles. The van der Waals surface area contributed by atoms with E-state index in [1.807, 2.05) is 25.1 Å². The van der Waals surface area contributed by atoms with Crippen molar-refractivity contribution in [1.82, 2.24) is 9.97 Å². The van der Waals surface area contributed by atoms with E-state index in [4.69, 9.17) is 16.3 Å². The van der Waals surface area contributed by atoms with Crippen LogP contribution in [0.5, 0.6) is 11.6 Å². The standard InChI is InChI=1S/C24H21ClN2O3/c1-2-13-5-7-17(30-21-12-26-20-10-16(25)6-8-19(20)27-21)11-18(13)22-23(28)14-3-4-15(9-14)24(22)29/h5-8,10-12,14-15,28H,2-4,9H2,1H3/t14-,15+/m0/s1. The van der Waals surface area contributed by atoms with Crippen molar-refractivity contribution in [3.63, 3.8) is 0 Å². The summed E-state index contributed by atoms with van der Waals surface area (Å²) in [5.41, 5.74) is 3.61. The Morgan fingerprint density at radius 1 is 1.13 bits per heavy atom. The highest BCUT2D eigenvalue weighted by molar-refractivity contribution is 6.31. The molecule has 6 heteroatoms. The Morgan fingerprint density at radius 3 is 2.80 bits per heavy atom. The van der Waals surface area contributed by atoms with Crippen LogP contribution in [-0.2, 0) is 11.2 Å². The van der Waals surface area contributed by atoms with Crippen molar-refractivity contribution >= 4 is 34.0 Å². The molecule has 0 spiro atoms. The predicted molar refractivity (Wildman–Crippen MR) is 116 cm³/mol. The number of ether oxygens (including phenoxy) is 1. The van der Waals surface area contributed by atoms with Crippen molar-refractivity contribution in [3.8, 4) is 11.6 Å². The van der Waals surface area contributed by atoms with Crippen LogP contribution in [0.1, 0.15) is 37.3 Å². The van der Waals surface area contributed by atoms with Crippen LogP contribution in [0.2, 0.25) is 5.02 Å². The predicted octanol–water partition coefficient (Wildman–Crippen LogP) is 5.91. The third-order valence-corrected chi connectivity index (χ3v) is 6.36. The monoisotopic (exact) mass is 420 g/mol. The molecule has 1 fully saturated rings. The number of ketones is 1. The summed E-state index contributed by atoms with van der Waals surface area (Å²) in [6.07, 6.45) is 4.80. The summed E-state index contributed by atoms with van der Waals surface area (Å²) in [7, 11) is 0. The molecule has 2 aliphatic carbocycles. The van der Waals surface area contributed by atoms with Crippen molar-refractivity contribution < 1.29 is 14.6 Å². The maximum atomic E-state index is 13.0. The molecule has 0 aliphatic heterocycles. The van der Waals surface area contributed by atoms with Gasteiger partial charge in [-0.15, -0.1) is 0 Å². The molecular weight excluding hydrogens is 400 g/mol. The maximum absolute atomic E-state index is 13.0. The highest BCUT2D eigenvalue weighted by Crippen LogP contribution is 2.46. The van der Waals surface area contributed by atoms with Crippen molar-refractivity contribution in [2.75, 3.05) is 0 Å². The number of halogens is 1. The lowest BCUT2D eigenvalue weighted by Crippen LogP contribution is -2.21. The molecule has 1 saturated carbocycles. The van der Waals surface area contributed by atoms with E-state index in [0.717, 1.165) is 36.8 Å². The van der Waals surface area contributed by atoms with Crippen LogP contribution in [0.3, 0.4) is 0 Å². The number of fused-ring (bicyclic) bond motifs is 3. The molecule has 3 aromatic rings. The van der Waals surface area contributed by atoms with E-state index < -0.39 is 0 Å². The van der Waals surface area contributed by atoms with Gasteiger partial charge >= 0.3 is 0 Å². The van der Waals surface area contributed by atoms with Crippen LogP contribution >= 0.6 is 11.6 Å². The number of aromatic nitrogens is 2.